The number of halogens is 2. The van der Waals surface area contributed by atoms with Crippen LogP contribution < -0.4 is 11.1 Å². The fourth-order valence-electron chi connectivity index (χ4n) is 2.17. The fraction of sp³-hybridized carbons (Fsp3) is 0.312. The number of carbonyl (C=O) groups excluding carboxylic acids is 2. The Kier molecular flexibility index (Phi) is 5.99. The molecule has 2 atom stereocenters. The Morgan fingerprint density at radius 3 is 2.71 bits per heavy atom. The molecule has 0 fully saturated rings. The highest BCUT2D eigenvalue weighted by atomic mass is 35.5. The summed E-state index contributed by atoms with van der Waals surface area (Å²) in [4.78, 5) is 28.5. The Bertz CT molecular complexity index is 692. The van der Waals surface area contributed by atoms with Crippen LogP contribution in [0.4, 0.5) is 0 Å². The van der Waals surface area contributed by atoms with E-state index >= 15 is 0 Å². The zero-order chi connectivity index (χ0) is 17.7. The van der Waals surface area contributed by atoms with Crippen LogP contribution in [0.1, 0.15) is 12.5 Å². The number of carbonyl (C=O) groups is 2. The highest BCUT2D eigenvalue weighted by Gasteiger charge is 2.40. The predicted molar refractivity (Wildman–Crippen MR) is 93.3 cm³/mol. The molecular weight excluding hydrogens is 353 g/mol. The Hall–Kier alpha value is -1.89. The van der Waals surface area contributed by atoms with E-state index in [0.29, 0.717) is 10.0 Å². The Balaban J connectivity index is 2.07. The second-order valence-electron chi connectivity index (χ2n) is 5.17. The zero-order valence-electron chi connectivity index (χ0n) is 13.0. The maximum absolute atomic E-state index is 12.4. The molecule has 3 N–H and O–H groups in total. The molecule has 1 amide bonds. The van der Waals surface area contributed by atoms with E-state index in [1.54, 1.807) is 31.2 Å². The van der Waals surface area contributed by atoms with Gasteiger partial charge in [0, 0.05) is 6.21 Å². The minimum Gasteiger partial charge on any atom is -0.463 e. The topological polar surface area (TPSA) is 93.8 Å². The first-order valence-electron chi connectivity index (χ1n) is 7.30. The number of allylic oxidation sites excluding steroid dienone is 1. The largest absolute Gasteiger partial charge is 0.463 e. The van der Waals surface area contributed by atoms with Crippen LogP contribution in [0.3, 0.4) is 0 Å². The molecule has 0 saturated heterocycles. The van der Waals surface area contributed by atoms with E-state index in [1.165, 1.54) is 12.3 Å². The summed E-state index contributed by atoms with van der Waals surface area (Å²) < 4.78 is 4.97. The molecule has 8 heteroatoms. The molecule has 2 unspecified atom stereocenters. The van der Waals surface area contributed by atoms with Gasteiger partial charge in [-0.2, -0.15) is 0 Å². The maximum Gasteiger partial charge on any atom is 0.359 e. The molecule has 1 heterocycles. The van der Waals surface area contributed by atoms with Gasteiger partial charge in [0.2, 0.25) is 11.6 Å². The first kappa shape index (κ1) is 18.4. The van der Waals surface area contributed by atoms with Crippen molar-refractivity contribution in [2.75, 3.05) is 6.61 Å². The van der Waals surface area contributed by atoms with Crippen LogP contribution in [0, 0.1) is 0 Å². The predicted octanol–water partition coefficient (Wildman–Crippen LogP) is 1.88. The van der Waals surface area contributed by atoms with Crippen molar-refractivity contribution in [1.29, 1.82) is 0 Å². The Morgan fingerprint density at radius 2 is 2.12 bits per heavy atom. The third-order valence-corrected chi connectivity index (χ3v) is 4.12. The van der Waals surface area contributed by atoms with Gasteiger partial charge in [0.25, 0.3) is 0 Å². The molecule has 24 heavy (non-hydrogen) atoms. The van der Waals surface area contributed by atoms with Crippen LogP contribution in [0.2, 0.25) is 10.0 Å². The number of nitrogens with one attached hydrogen (secondary N) is 1. The summed E-state index contributed by atoms with van der Waals surface area (Å²) in [5, 5.41) is 3.34. The van der Waals surface area contributed by atoms with Gasteiger partial charge in [-0.05, 0) is 43.2 Å². The van der Waals surface area contributed by atoms with Gasteiger partial charge in [-0.3, -0.25) is 9.79 Å². The van der Waals surface area contributed by atoms with Crippen LogP contribution in [0.15, 0.2) is 35.3 Å². The molecule has 0 aliphatic carbocycles. The molecule has 0 radical (unpaired) electrons. The number of ether oxygens (including phenoxy) is 1. The van der Waals surface area contributed by atoms with Gasteiger partial charge in [0.05, 0.1) is 22.7 Å². The minimum absolute atomic E-state index is 0.176. The van der Waals surface area contributed by atoms with Gasteiger partial charge < -0.3 is 15.8 Å². The summed E-state index contributed by atoms with van der Waals surface area (Å²) in [5.41, 5.74) is 5.13. The van der Waals surface area contributed by atoms with Gasteiger partial charge in [-0.15, -0.1) is 0 Å². The molecule has 1 aromatic carbocycles. The molecule has 0 spiro atoms. The minimum atomic E-state index is -1.55. The van der Waals surface area contributed by atoms with Crippen molar-refractivity contribution in [2.45, 2.75) is 25.0 Å². The van der Waals surface area contributed by atoms with Crippen LogP contribution in [-0.4, -0.2) is 36.4 Å². The van der Waals surface area contributed by atoms with Gasteiger partial charge in [0.1, 0.15) is 0 Å². The van der Waals surface area contributed by atoms with Crippen molar-refractivity contribution in [3.05, 3.63) is 46.0 Å². The maximum atomic E-state index is 12.4. The lowest BCUT2D eigenvalue weighted by Crippen LogP contribution is -2.56. The molecule has 0 bridgehead atoms. The second-order valence-corrected chi connectivity index (χ2v) is 5.99. The molecule has 2 rings (SSSR count). The Labute approximate surface area is 149 Å². The number of nitrogens with two attached hydrogens (primary N) is 1. The van der Waals surface area contributed by atoms with Gasteiger partial charge in [0.15, 0.2) is 0 Å². The number of rotatable bonds is 6. The van der Waals surface area contributed by atoms with Crippen molar-refractivity contribution in [3.63, 3.8) is 0 Å². The van der Waals surface area contributed by atoms with Gasteiger partial charge in [-0.25, -0.2) is 4.79 Å². The van der Waals surface area contributed by atoms with Crippen LogP contribution >= 0.6 is 23.2 Å². The number of aliphatic imine (C=N–C) groups is 1. The standard InChI is InChI=1S/C16H17Cl2N3O3/c1-2-24-15(23)16(6-3-7-20-16)21-14(22)13(19)9-10-4-5-11(17)12(18)8-10/h3-8,13H,2,9,19H2,1H3,(H,21,22). The summed E-state index contributed by atoms with van der Waals surface area (Å²) in [5.74, 6) is -1.19. The molecular formula is C16H17Cl2N3O3. The summed E-state index contributed by atoms with van der Waals surface area (Å²) in [7, 11) is 0. The third kappa shape index (κ3) is 4.14. The van der Waals surface area contributed by atoms with Crippen molar-refractivity contribution in [2.24, 2.45) is 10.7 Å². The monoisotopic (exact) mass is 369 g/mol. The average Bonchev–Trinajstić information content (AvgIpc) is 3.01. The van der Waals surface area contributed by atoms with Gasteiger partial charge >= 0.3 is 5.97 Å². The first-order chi connectivity index (χ1) is 11.4. The number of esters is 1. The van der Waals surface area contributed by atoms with Crippen molar-refractivity contribution in [1.82, 2.24) is 5.32 Å². The van der Waals surface area contributed by atoms with Crippen molar-refractivity contribution in [3.8, 4) is 0 Å². The second kappa shape index (κ2) is 7.79. The lowest BCUT2D eigenvalue weighted by molar-refractivity contribution is -0.150. The fourth-order valence-corrected chi connectivity index (χ4v) is 2.49. The molecule has 1 aliphatic heterocycles. The molecule has 1 aromatic rings. The SMILES string of the molecule is CCOC(=O)C1(NC(=O)C(N)Cc2ccc(Cl)c(Cl)c2)C=CC=N1. The third-order valence-electron chi connectivity index (χ3n) is 3.38. The lowest BCUT2D eigenvalue weighted by Gasteiger charge is -2.25. The van der Waals surface area contributed by atoms with Crippen LogP contribution in [0.25, 0.3) is 0 Å². The smallest absolute Gasteiger partial charge is 0.359 e. The number of amides is 1. The number of benzene rings is 1. The first-order valence-corrected chi connectivity index (χ1v) is 8.05. The van der Waals surface area contributed by atoms with Crippen LogP contribution in [-0.2, 0) is 20.7 Å². The average molecular weight is 370 g/mol. The van der Waals surface area contributed by atoms with E-state index in [4.69, 9.17) is 33.7 Å². The normalized spacial score (nSPS) is 20.0. The van der Waals surface area contributed by atoms with Gasteiger partial charge in [-0.1, -0.05) is 29.3 Å². The molecule has 128 valence electrons. The van der Waals surface area contributed by atoms with E-state index in [1.807, 2.05) is 0 Å². The van der Waals surface area contributed by atoms with E-state index < -0.39 is 23.6 Å². The summed E-state index contributed by atoms with van der Waals surface area (Å²) in [6.45, 7) is 1.85. The van der Waals surface area contributed by atoms with Crippen molar-refractivity contribution >= 4 is 41.3 Å². The van der Waals surface area contributed by atoms with E-state index in [-0.39, 0.29) is 13.0 Å². The summed E-state index contributed by atoms with van der Waals surface area (Å²) in [6, 6.07) is 4.12. The number of hydrogen-bond donors (Lipinski definition) is 2. The quantitative estimate of drug-likeness (QED) is 0.748. The number of hydrogen-bond acceptors (Lipinski definition) is 5. The van der Waals surface area contributed by atoms with Crippen LogP contribution in [0.5, 0.6) is 0 Å². The van der Waals surface area contributed by atoms with E-state index in [2.05, 4.69) is 10.3 Å². The lowest BCUT2D eigenvalue weighted by atomic mass is 10.0. The molecule has 0 saturated carbocycles. The summed E-state index contributed by atoms with van der Waals surface area (Å²) in [6.07, 6.45) is 4.66. The highest BCUT2D eigenvalue weighted by Crippen LogP contribution is 2.23. The molecule has 0 aromatic heterocycles. The molecule has 1 aliphatic rings. The molecule has 6 nitrogen and oxygen atoms in total. The highest BCUT2D eigenvalue weighted by molar-refractivity contribution is 6.42. The van der Waals surface area contributed by atoms with E-state index in [0.717, 1.165) is 5.56 Å². The van der Waals surface area contributed by atoms with Crippen molar-refractivity contribution < 1.29 is 14.3 Å². The zero-order valence-corrected chi connectivity index (χ0v) is 14.5. The number of nitrogens with zero attached hydrogens (tertiary/aromatic N) is 1. The summed E-state index contributed by atoms with van der Waals surface area (Å²) >= 11 is 11.8. The van der Waals surface area contributed by atoms with E-state index in [9.17, 15) is 9.59 Å². The Morgan fingerprint density at radius 1 is 1.38 bits per heavy atom.